The van der Waals surface area contributed by atoms with Crippen LogP contribution in [0.4, 0.5) is 5.82 Å². The van der Waals surface area contributed by atoms with Gasteiger partial charge in [-0.3, -0.25) is 0 Å². The lowest BCUT2D eigenvalue weighted by Crippen LogP contribution is -1.96. The van der Waals surface area contributed by atoms with Crippen molar-refractivity contribution in [2.45, 2.75) is 0 Å². The second-order valence-corrected chi connectivity index (χ2v) is 3.41. The molecule has 1 heterocycles. The molecule has 0 unspecified atom stereocenters. The summed E-state index contributed by atoms with van der Waals surface area (Å²) in [7, 11) is 3.13. The number of methoxy groups -OCH3 is 2. The first-order valence-electron chi connectivity index (χ1n) is 5.20. The van der Waals surface area contributed by atoms with Gasteiger partial charge in [-0.25, -0.2) is 4.98 Å². The van der Waals surface area contributed by atoms with Crippen LogP contribution in [0.1, 0.15) is 0 Å². The smallest absolute Gasteiger partial charge is 0.323 e. The summed E-state index contributed by atoms with van der Waals surface area (Å²) < 4.78 is 15.7. The molecule has 0 bridgehead atoms. The first-order chi connectivity index (χ1) is 8.71. The number of anilines is 1. The molecule has 6 nitrogen and oxygen atoms in total. The molecule has 18 heavy (non-hydrogen) atoms. The van der Waals surface area contributed by atoms with E-state index >= 15 is 0 Å². The van der Waals surface area contributed by atoms with Gasteiger partial charge in [0.05, 0.1) is 14.2 Å². The van der Waals surface area contributed by atoms with Gasteiger partial charge in [-0.2, -0.15) is 4.98 Å². The number of nitrogens with zero attached hydrogens (tertiary/aromatic N) is 2. The molecule has 2 N–H and O–H groups in total. The zero-order valence-electron chi connectivity index (χ0n) is 10.1. The number of ether oxygens (including phenoxy) is 3. The summed E-state index contributed by atoms with van der Waals surface area (Å²) in [5, 5.41) is 0. The van der Waals surface area contributed by atoms with Gasteiger partial charge in [0.15, 0.2) is 0 Å². The fourth-order valence-electron chi connectivity index (χ4n) is 1.35. The number of hydrogen-bond donors (Lipinski definition) is 1. The van der Waals surface area contributed by atoms with Crippen molar-refractivity contribution in [1.29, 1.82) is 0 Å². The Kier molecular flexibility index (Phi) is 3.47. The van der Waals surface area contributed by atoms with E-state index in [1.807, 2.05) is 0 Å². The maximum Gasteiger partial charge on any atom is 0.323 e. The molecule has 2 rings (SSSR count). The topological polar surface area (TPSA) is 79.5 Å². The Morgan fingerprint density at radius 2 is 1.61 bits per heavy atom. The summed E-state index contributed by atoms with van der Waals surface area (Å²) in [6.45, 7) is 0. The van der Waals surface area contributed by atoms with E-state index in [1.54, 1.807) is 38.5 Å². The van der Waals surface area contributed by atoms with Gasteiger partial charge in [0.25, 0.3) is 0 Å². The Morgan fingerprint density at radius 3 is 2.17 bits per heavy atom. The van der Waals surface area contributed by atoms with E-state index in [-0.39, 0.29) is 6.01 Å². The van der Waals surface area contributed by atoms with E-state index in [1.165, 1.54) is 6.20 Å². The summed E-state index contributed by atoms with van der Waals surface area (Å²) in [6.07, 6.45) is 1.52. The van der Waals surface area contributed by atoms with Crippen molar-refractivity contribution in [1.82, 2.24) is 9.97 Å². The third-order valence-electron chi connectivity index (χ3n) is 2.19. The highest BCUT2D eigenvalue weighted by molar-refractivity contribution is 5.43. The highest BCUT2D eigenvalue weighted by atomic mass is 16.5. The highest BCUT2D eigenvalue weighted by Gasteiger charge is 2.05. The number of nitrogens with two attached hydrogens (primary N) is 1. The SMILES string of the molecule is COc1cc(OC)cc(Oc2nccc(N)n2)c1. The minimum atomic E-state index is 0.172. The zero-order chi connectivity index (χ0) is 13.0. The third-order valence-corrected chi connectivity index (χ3v) is 2.19. The van der Waals surface area contributed by atoms with Crippen molar-refractivity contribution >= 4 is 5.82 Å². The van der Waals surface area contributed by atoms with Gasteiger partial charge >= 0.3 is 6.01 Å². The molecule has 0 fully saturated rings. The van der Waals surface area contributed by atoms with Crippen LogP contribution in [-0.2, 0) is 0 Å². The number of benzene rings is 1. The zero-order valence-corrected chi connectivity index (χ0v) is 10.1. The third kappa shape index (κ3) is 2.79. The first-order valence-corrected chi connectivity index (χ1v) is 5.20. The molecule has 1 aromatic carbocycles. The second-order valence-electron chi connectivity index (χ2n) is 3.41. The molecule has 0 aliphatic heterocycles. The van der Waals surface area contributed by atoms with Crippen molar-refractivity contribution in [3.05, 3.63) is 30.5 Å². The normalized spacial score (nSPS) is 9.89. The lowest BCUT2D eigenvalue weighted by Gasteiger charge is -2.08. The first kappa shape index (κ1) is 12.0. The Morgan fingerprint density at radius 1 is 1.00 bits per heavy atom. The predicted molar refractivity (Wildman–Crippen MR) is 66.1 cm³/mol. The fourth-order valence-corrected chi connectivity index (χ4v) is 1.35. The van der Waals surface area contributed by atoms with Crippen LogP contribution in [0.2, 0.25) is 0 Å². The number of nitrogen functional groups attached to an aromatic ring is 1. The van der Waals surface area contributed by atoms with Crippen molar-refractivity contribution in [2.24, 2.45) is 0 Å². The Bertz CT molecular complexity index is 524. The molecule has 0 aliphatic rings. The summed E-state index contributed by atoms with van der Waals surface area (Å²) in [5.74, 6) is 2.09. The van der Waals surface area contributed by atoms with Gasteiger partial charge < -0.3 is 19.9 Å². The standard InChI is InChI=1S/C12H13N3O3/c1-16-8-5-9(17-2)7-10(6-8)18-12-14-4-3-11(13)15-12/h3-7H,1-2H3,(H2,13,14,15). The molecule has 1 aromatic heterocycles. The van der Waals surface area contributed by atoms with E-state index in [9.17, 15) is 0 Å². The van der Waals surface area contributed by atoms with Crippen molar-refractivity contribution in [3.63, 3.8) is 0 Å². The van der Waals surface area contributed by atoms with Crippen molar-refractivity contribution in [3.8, 4) is 23.3 Å². The molecular weight excluding hydrogens is 234 g/mol. The fraction of sp³-hybridized carbons (Fsp3) is 0.167. The monoisotopic (exact) mass is 247 g/mol. The summed E-state index contributed by atoms with van der Waals surface area (Å²) in [6, 6.07) is 6.90. The maximum atomic E-state index is 5.54. The van der Waals surface area contributed by atoms with Crippen LogP contribution >= 0.6 is 0 Å². The van der Waals surface area contributed by atoms with Crippen LogP contribution in [0.15, 0.2) is 30.5 Å². The average molecular weight is 247 g/mol. The van der Waals surface area contributed by atoms with Gasteiger partial charge in [-0.15, -0.1) is 0 Å². The van der Waals surface area contributed by atoms with E-state index in [4.69, 9.17) is 19.9 Å². The molecular formula is C12H13N3O3. The van der Waals surface area contributed by atoms with E-state index in [0.29, 0.717) is 23.1 Å². The number of rotatable bonds is 4. The quantitative estimate of drug-likeness (QED) is 0.888. The number of hydrogen-bond acceptors (Lipinski definition) is 6. The lowest BCUT2D eigenvalue weighted by molar-refractivity contribution is 0.382. The minimum Gasteiger partial charge on any atom is -0.496 e. The minimum absolute atomic E-state index is 0.172. The largest absolute Gasteiger partial charge is 0.496 e. The van der Waals surface area contributed by atoms with Crippen molar-refractivity contribution < 1.29 is 14.2 Å². The lowest BCUT2D eigenvalue weighted by atomic mass is 10.3. The molecule has 2 aromatic rings. The van der Waals surface area contributed by atoms with Gasteiger partial charge in [0.1, 0.15) is 23.1 Å². The molecule has 6 heteroatoms. The van der Waals surface area contributed by atoms with Crippen LogP contribution in [0, 0.1) is 0 Å². The van der Waals surface area contributed by atoms with Crippen LogP contribution in [0.5, 0.6) is 23.3 Å². The van der Waals surface area contributed by atoms with Gasteiger partial charge in [-0.05, 0) is 6.07 Å². The van der Waals surface area contributed by atoms with Gasteiger partial charge in [-0.1, -0.05) is 0 Å². The van der Waals surface area contributed by atoms with E-state index in [2.05, 4.69) is 9.97 Å². The number of aromatic nitrogens is 2. The summed E-state index contributed by atoms with van der Waals surface area (Å²) in [4.78, 5) is 7.89. The molecule has 0 spiro atoms. The average Bonchev–Trinajstić information content (AvgIpc) is 2.38. The second kappa shape index (κ2) is 5.22. The molecule has 0 saturated carbocycles. The molecule has 0 aliphatic carbocycles. The van der Waals surface area contributed by atoms with E-state index < -0.39 is 0 Å². The van der Waals surface area contributed by atoms with E-state index in [0.717, 1.165) is 0 Å². The van der Waals surface area contributed by atoms with Crippen LogP contribution in [0.25, 0.3) is 0 Å². The van der Waals surface area contributed by atoms with Crippen LogP contribution < -0.4 is 19.9 Å². The molecule has 0 radical (unpaired) electrons. The summed E-state index contributed by atoms with van der Waals surface area (Å²) >= 11 is 0. The predicted octanol–water partition coefficient (Wildman–Crippen LogP) is 1.87. The van der Waals surface area contributed by atoms with Gasteiger partial charge in [0, 0.05) is 24.4 Å². The Hall–Kier alpha value is -2.50. The van der Waals surface area contributed by atoms with Crippen molar-refractivity contribution in [2.75, 3.05) is 20.0 Å². The molecule has 0 atom stereocenters. The molecule has 94 valence electrons. The van der Waals surface area contributed by atoms with Crippen LogP contribution in [0.3, 0.4) is 0 Å². The molecule has 0 amide bonds. The summed E-state index contributed by atoms with van der Waals surface area (Å²) in [5.41, 5.74) is 5.54. The molecule has 0 saturated heterocycles. The Labute approximate surface area is 104 Å². The van der Waals surface area contributed by atoms with Gasteiger partial charge in [0.2, 0.25) is 0 Å². The maximum absolute atomic E-state index is 5.54. The Balaban J connectivity index is 2.28. The highest BCUT2D eigenvalue weighted by Crippen LogP contribution is 2.29. The van der Waals surface area contributed by atoms with Crippen LogP contribution in [-0.4, -0.2) is 24.2 Å².